The molecule has 2 aromatic rings. The highest BCUT2D eigenvalue weighted by atomic mass is 14.9. The van der Waals surface area contributed by atoms with E-state index in [9.17, 15) is 0 Å². The van der Waals surface area contributed by atoms with Crippen molar-refractivity contribution < 1.29 is 0 Å². The summed E-state index contributed by atoms with van der Waals surface area (Å²) in [6.07, 6.45) is 5.42. The van der Waals surface area contributed by atoms with Gasteiger partial charge in [-0.2, -0.15) is 0 Å². The van der Waals surface area contributed by atoms with E-state index in [-0.39, 0.29) is 0 Å². The van der Waals surface area contributed by atoms with Crippen LogP contribution in [0.2, 0.25) is 0 Å². The Morgan fingerprint density at radius 3 is 2.37 bits per heavy atom. The van der Waals surface area contributed by atoms with Crippen LogP contribution in [0.5, 0.6) is 0 Å². The van der Waals surface area contributed by atoms with Gasteiger partial charge in [0.15, 0.2) is 0 Å². The van der Waals surface area contributed by atoms with Gasteiger partial charge in [0, 0.05) is 16.8 Å². The molecule has 0 amide bonds. The Morgan fingerprint density at radius 2 is 1.68 bits per heavy atom. The molecule has 1 N–H and O–H groups in total. The molecule has 0 bridgehead atoms. The molecule has 0 atom stereocenters. The SMILES string of the molecule is C=C/C=C(\C=C)Nc1cccc2ccccc12.CC. The lowest BCUT2D eigenvalue weighted by Crippen LogP contribution is -1.96. The molecule has 0 aromatic heterocycles. The van der Waals surface area contributed by atoms with Crippen molar-refractivity contribution in [1.82, 2.24) is 0 Å². The summed E-state index contributed by atoms with van der Waals surface area (Å²) in [5.74, 6) is 0. The van der Waals surface area contributed by atoms with Gasteiger partial charge in [0.2, 0.25) is 0 Å². The molecule has 0 radical (unpaired) electrons. The van der Waals surface area contributed by atoms with Crippen LogP contribution in [-0.2, 0) is 0 Å². The van der Waals surface area contributed by atoms with Crippen LogP contribution < -0.4 is 5.32 Å². The zero-order valence-electron chi connectivity index (χ0n) is 11.7. The van der Waals surface area contributed by atoms with E-state index in [0.29, 0.717) is 0 Å². The summed E-state index contributed by atoms with van der Waals surface area (Å²) in [6, 6.07) is 14.5. The van der Waals surface area contributed by atoms with Gasteiger partial charge >= 0.3 is 0 Å². The molecule has 0 fully saturated rings. The molecule has 0 unspecified atom stereocenters. The second-order valence-corrected chi connectivity index (χ2v) is 3.71. The number of allylic oxidation sites excluding steroid dienone is 3. The fraction of sp³-hybridized carbons (Fsp3) is 0.111. The van der Waals surface area contributed by atoms with E-state index in [2.05, 4.69) is 42.7 Å². The Labute approximate surface area is 116 Å². The second-order valence-electron chi connectivity index (χ2n) is 3.71. The first kappa shape index (κ1) is 14.8. The average molecular weight is 251 g/mol. The predicted octanol–water partition coefficient (Wildman–Crippen LogP) is 5.53. The first-order chi connectivity index (χ1) is 9.35. The van der Waals surface area contributed by atoms with Gasteiger partial charge in [-0.25, -0.2) is 0 Å². The minimum absolute atomic E-state index is 0.941. The fourth-order valence-corrected chi connectivity index (χ4v) is 1.78. The van der Waals surface area contributed by atoms with Gasteiger partial charge in [-0.15, -0.1) is 0 Å². The third-order valence-corrected chi connectivity index (χ3v) is 2.59. The van der Waals surface area contributed by atoms with Crippen LogP contribution in [0.1, 0.15) is 13.8 Å². The van der Waals surface area contributed by atoms with Crippen molar-refractivity contribution in [3.05, 3.63) is 79.5 Å². The van der Waals surface area contributed by atoms with E-state index < -0.39 is 0 Å². The number of nitrogens with one attached hydrogen (secondary N) is 1. The number of hydrogen-bond acceptors (Lipinski definition) is 1. The first-order valence-electron chi connectivity index (χ1n) is 6.55. The molecule has 0 saturated carbocycles. The van der Waals surface area contributed by atoms with Crippen LogP contribution in [0.25, 0.3) is 10.8 Å². The van der Waals surface area contributed by atoms with Crippen molar-refractivity contribution in [1.29, 1.82) is 0 Å². The Hall–Kier alpha value is -2.28. The van der Waals surface area contributed by atoms with Gasteiger partial charge in [-0.1, -0.05) is 69.5 Å². The van der Waals surface area contributed by atoms with E-state index >= 15 is 0 Å². The lowest BCUT2D eigenvalue weighted by molar-refractivity contribution is 1.50. The number of hydrogen-bond donors (Lipinski definition) is 1. The maximum absolute atomic E-state index is 3.78. The van der Waals surface area contributed by atoms with Crippen molar-refractivity contribution in [3.8, 4) is 0 Å². The quantitative estimate of drug-likeness (QED) is 0.704. The van der Waals surface area contributed by atoms with Gasteiger partial charge in [0.1, 0.15) is 0 Å². The monoisotopic (exact) mass is 251 g/mol. The Kier molecular flexibility index (Phi) is 6.17. The Bertz CT molecular complexity index is 574. The van der Waals surface area contributed by atoms with Crippen molar-refractivity contribution in [2.75, 3.05) is 5.32 Å². The van der Waals surface area contributed by atoms with Crippen LogP contribution in [0, 0.1) is 0 Å². The third-order valence-electron chi connectivity index (χ3n) is 2.59. The molecule has 19 heavy (non-hydrogen) atoms. The molecule has 0 aliphatic rings. The third kappa shape index (κ3) is 3.85. The number of fused-ring (bicyclic) bond motifs is 1. The summed E-state index contributed by atoms with van der Waals surface area (Å²) in [5, 5.41) is 5.77. The summed E-state index contributed by atoms with van der Waals surface area (Å²) in [6.45, 7) is 11.5. The maximum atomic E-state index is 3.78. The summed E-state index contributed by atoms with van der Waals surface area (Å²) in [5.41, 5.74) is 2.02. The van der Waals surface area contributed by atoms with E-state index in [4.69, 9.17) is 0 Å². The molecule has 0 aliphatic carbocycles. The molecular weight excluding hydrogens is 230 g/mol. The van der Waals surface area contributed by atoms with Gasteiger partial charge in [-0.3, -0.25) is 0 Å². The van der Waals surface area contributed by atoms with Crippen molar-refractivity contribution in [2.45, 2.75) is 13.8 Å². The van der Waals surface area contributed by atoms with Gasteiger partial charge in [0.25, 0.3) is 0 Å². The average Bonchev–Trinajstić information content (AvgIpc) is 2.49. The van der Waals surface area contributed by atoms with Gasteiger partial charge in [-0.05, 0) is 23.6 Å². The highest BCUT2D eigenvalue weighted by Gasteiger charge is 1.99. The fourth-order valence-electron chi connectivity index (χ4n) is 1.78. The van der Waals surface area contributed by atoms with Crippen LogP contribution in [0.3, 0.4) is 0 Å². The molecule has 0 saturated heterocycles. The van der Waals surface area contributed by atoms with Crippen molar-refractivity contribution >= 4 is 16.5 Å². The minimum Gasteiger partial charge on any atom is -0.355 e. The van der Waals surface area contributed by atoms with Crippen LogP contribution in [-0.4, -0.2) is 0 Å². The summed E-state index contributed by atoms with van der Waals surface area (Å²) >= 11 is 0. The number of benzene rings is 2. The van der Waals surface area contributed by atoms with Crippen LogP contribution in [0.4, 0.5) is 5.69 Å². The molecule has 2 rings (SSSR count). The highest BCUT2D eigenvalue weighted by molar-refractivity contribution is 5.94. The number of anilines is 1. The van der Waals surface area contributed by atoms with Crippen LogP contribution in [0.15, 0.2) is 79.5 Å². The smallest absolute Gasteiger partial charge is 0.0463 e. The normalized spacial score (nSPS) is 10.3. The molecule has 1 heteroatoms. The second kappa shape index (κ2) is 7.93. The van der Waals surface area contributed by atoms with E-state index in [0.717, 1.165) is 11.4 Å². The highest BCUT2D eigenvalue weighted by Crippen LogP contribution is 2.24. The zero-order valence-corrected chi connectivity index (χ0v) is 11.7. The molecular formula is C18H21N. The Morgan fingerprint density at radius 1 is 1.00 bits per heavy atom. The molecule has 98 valence electrons. The standard InChI is InChI=1S/C16H15N.C2H6/c1-3-8-14(4-2)17-16-12-7-10-13-9-5-6-11-15(13)16;1-2/h3-12,17H,1-2H2;1-2H3/b14-8+;. The molecule has 0 spiro atoms. The number of rotatable bonds is 4. The molecule has 2 aromatic carbocycles. The topological polar surface area (TPSA) is 12.0 Å². The van der Waals surface area contributed by atoms with E-state index in [1.807, 2.05) is 38.1 Å². The van der Waals surface area contributed by atoms with E-state index in [1.54, 1.807) is 12.2 Å². The van der Waals surface area contributed by atoms with Gasteiger partial charge in [0.05, 0.1) is 0 Å². The maximum Gasteiger partial charge on any atom is 0.0463 e. The molecule has 1 nitrogen and oxygen atoms in total. The lowest BCUT2D eigenvalue weighted by atomic mass is 10.1. The summed E-state index contributed by atoms with van der Waals surface area (Å²) in [4.78, 5) is 0. The predicted molar refractivity (Wildman–Crippen MR) is 87.4 cm³/mol. The molecule has 0 heterocycles. The first-order valence-corrected chi connectivity index (χ1v) is 6.55. The van der Waals surface area contributed by atoms with Crippen molar-refractivity contribution in [3.63, 3.8) is 0 Å². The minimum atomic E-state index is 0.941. The van der Waals surface area contributed by atoms with E-state index in [1.165, 1.54) is 10.8 Å². The zero-order chi connectivity index (χ0) is 14.1. The Balaban J connectivity index is 0.000000861. The van der Waals surface area contributed by atoms with Crippen LogP contribution >= 0.6 is 0 Å². The molecule has 0 aliphatic heterocycles. The summed E-state index contributed by atoms with van der Waals surface area (Å²) < 4.78 is 0. The summed E-state index contributed by atoms with van der Waals surface area (Å²) in [7, 11) is 0. The lowest BCUT2D eigenvalue weighted by Gasteiger charge is -2.10. The van der Waals surface area contributed by atoms with Crippen molar-refractivity contribution in [2.24, 2.45) is 0 Å². The largest absolute Gasteiger partial charge is 0.355 e. The van der Waals surface area contributed by atoms with Gasteiger partial charge < -0.3 is 5.32 Å².